The van der Waals surface area contributed by atoms with Gasteiger partial charge in [-0.3, -0.25) is 0 Å². The number of benzene rings is 1. The summed E-state index contributed by atoms with van der Waals surface area (Å²) in [5.41, 5.74) is 7.13. The molecule has 0 fully saturated rings. The van der Waals surface area contributed by atoms with E-state index in [2.05, 4.69) is 29.5 Å². The van der Waals surface area contributed by atoms with Gasteiger partial charge in [-0.15, -0.1) is 11.3 Å². The second-order valence-electron chi connectivity index (χ2n) is 4.62. The van der Waals surface area contributed by atoms with Crippen molar-refractivity contribution in [1.82, 2.24) is 5.32 Å². The molecule has 2 rings (SSSR count). The van der Waals surface area contributed by atoms with Gasteiger partial charge in [-0.25, -0.2) is 0 Å². The van der Waals surface area contributed by atoms with Crippen LogP contribution in [-0.2, 0) is 19.5 Å². The van der Waals surface area contributed by atoms with Crippen LogP contribution in [0.2, 0.25) is 5.02 Å². The van der Waals surface area contributed by atoms with Crippen LogP contribution in [0.3, 0.4) is 0 Å². The van der Waals surface area contributed by atoms with Gasteiger partial charge in [0.1, 0.15) is 0 Å². The lowest BCUT2D eigenvalue weighted by Crippen LogP contribution is -2.15. The Morgan fingerprint density at radius 2 is 2.05 bits per heavy atom. The van der Waals surface area contributed by atoms with E-state index in [1.165, 1.54) is 9.75 Å². The highest BCUT2D eigenvalue weighted by molar-refractivity contribution is 7.11. The summed E-state index contributed by atoms with van der Waals surface area (Å²) in [6.45, 7) is 3.66. The summed E-state index contributed by atoms with van der Waals surface area (Å²) in [5.74, 6) is 0.0575. The quantitative estimate of drug-likeness (QED) is 0.330. The highest BCUT2D eigenvalue weighted by atomic mass is 35.5. The molecule has 6 heteroatoms. The fourth-order valence-corrected chi connectivity index (χ4v) is 3.11. The number of oxime groups is 1. The molecule has 0 unspecified atom stereocenters. The molecule has 4 N–H and O–H groups in total. The number of hydrogen-bond donors (Lipinski definition) is 3. The molecule has 0 bridgehead atoms. The summed E-state index contributed by atoms with van der Waals surface area (Å²) in [7, 11) is 0. The van der Waals surface area contributed by atoms with Gasteiger partial charge in [0.2, 0.25) is 0 Å². The first kappa shape index (κ1) is 15.8. The highest BCUT2D eigenvalue weighted by Gasteiger charge is 2.05. The summed E-state index contributed by atoms with van der Waals surface area (Å²) in [4.78, 5) is 2.71. The molecule has 4 nitrogen and oxygen atoms in total. The fourth-order valence-electron chi connectivity index (χ4n) is 1.94. The smallest absolute Gasteiger partial charge is 0.170 e. The third-order valence-corrected chi connectivity index (χ3v) is 4.72. The molecule has 0 radical (unpaired) electrons. The number of nitrogens with one attached hydrogen (secondary N) is 1. The monoisotopic (exact) mass is 323 g/mol. The van der Waals surface area contributed by atoms with Crippen molar-refractivity contribution >= 4 is 28.8 Å². The predicted molar refractivity (Wildman–Crippen MR) is 88.2 cm³/mol. The molecule has 112 valence electrons. The van der Waals surface area contributed by atoms with Gasteiger partial charge in [-0.2, -0.15) is 0 Å². The van der Waals surface area contributed by atoms with Crippen LogP contribution in [0.5, 0.6) is 0 Å². The standard InChI is InChI=1S/C15H18ClN3OS/c1-2-12-5-6-13(21-12)9-18-8-11-4-3-10(7-14(11)16)15(17)19-20/h3-7,18,20H,2,8-9H2,1H3,(H2,17,19). The first-order valence-corrected chi connectivity index (χ1v) is 7.88. The first-order valence-electron chi connectivity index (χ1n) is 6.68. The van der Waals surface area contributed by atoms with Crippen molar-refractivity contribution in [2.24, 2.45) is 10.9 Å². The molecule has 0 aliphatic carbocycles. The average Bonchev–Trinajstić information content (AvgIpc) is 2.96. The maximum Gasteiger partial charge on any atom is 0.170 e. The molecule has 0 saturated carbocycles. The van der Waals surface area contributed by atoms with E-state index in [-0.39, 0.29) is 5.84 Å². The third kappa shape index (κ3) is 4.20. The number of nitrogens with two attached hydrogens (primary N) is 1. The van der Waals surface area contributed by atoms with Crippen LogP contribution in [0.25, 0.3) is 0 Å². The number of halogens is 1. The average molecular weight is 324 g/mol. The lowest BCUT2D eigenvalue weighted by molar-refractivity contribution is 0.318. The number of nitrogens with zero attached hydrogens (tertiary/aromatic N) is 1. The van der Waals surface area contributed by atoms with E-state index >= 15 is 0 Å². The number of amidine groups is 1. The molecule has 2 aromatic rings. The van der Waals surface area contributed by atoms with E-state index in [1.807, 2.05) is 17.4 Å². The molecule has 1 aromatic heterocycles. The maximum atomic E-state index is 8.65. The van der Waals surface area contributed by atoms with Crippen molar-refractivity contribution in [3.8, 4) is 0 Å². The number of aryl methyl sites for hydroxylation is 1. The SMILES string of the molecule is CCc1ccc(CNCc2ccc(/C(N)=N/O)cc2Cl)s1. The number of rotatable bonds is 6. The minimum Gasteiger partial charge on any atom is -0.409 e. The van der Waals surface area contributed by atoms with Gasteiger partial charge in [0.15, 0.2) is 5.84 Å². The number of thiophene rings is 1. The van der Waals surface area contributed by atoms with Crippen molar-refractivity contribution in [2.45, 2.75) is 26.4 Å². The first-order chi connectivity index (χ1) is 10.1. The van der Waals surface area contributed by atoms with E-state index in [9.17, 15) is 0 Å². The van der Waals surface area contributed by atoms with Crippen LogP contribution < -0.4 is 11.1 Å². The molecule has 0 spiro atoms. The molecular weight excluding hydrogens is 306 g/mol. The van der Waals surface area contributed by atoms with Crippen LogP contribution in [0.1, 0.15) is 27.8 Å². The Kier molecular flexibility index (Phi) is 5.61. The fraction of sp³-hybridized carbons (Fsp3) is 0.267. The lowest BCUT2D eigenvalue weighted by atomic mass is 10.1. The zero-order chi connectivity index (χ0) is 15.2. The van der Waals surface area contributed by atoms with Crippen LogP contribution in [0, 0.1) is 0 Å². The Hall–Kier alpha value is -1.56. The molecule has 21 heavy (non-hydrogen) atoms. The van der Waals surface area contributed by atoms with Gasteiger partial charge in [0.05, 0.1) is 0 Å². The van der Waals surface area contributed by atoms with Crippen molar-refractivity contribution < 1.29 is 5.21 Å². The summed E-state index contributed by atoms with van der Waals surface area (Å²) in [6, 6.07) is 9.70. The molecule has 0 aliphatic rings. The minimum atomic E-state index is 0.0575. The second-order valence-corrected chi connectivity index (χ2v) is 6.28. The van der Waals surface area contributed by atoms with Gasteiger partial charge in [-0.05, 0) is 30.2 Å². The summed E-state index contributed by atoms with van der Waals surface area (Å²) < 4.78 is 0. The van der Waals surface area contributed by atoms with Crippen LogP contribution in [0.15, 0.2) is 35.5 Å². The summed E-state index contributed by atoms with van der Waals surface area (Å²) in [6.07, 6.45) is 1.08. The molecule has 1 heterocycles. The van der Waals surface area contributed by atoms with Crippen molar-refractivity contribution in [2.75, 3.05) is 0 Å². The maximum absolute atomic E-state index is 8.65. The Morgan fingerprint density at radius 1 is 1.29 bits per heavy atom. The minimum absolute atomic E-state index is 0.0575. The summed E-state index contributed by atoms with van der Waals surface area (Å²) >= 11 is 8.04. The van der Waals surface area contributed by atoms with Crippen LogP contribution in [0.4, 0.5) is 0 Å². The van der Waals surface area contributed by atoms with E-state index in [4.69, 9.17) is 22.5 Å². The van der Waals surface area contributed by atoms with Gasteiger partial charge < -0.3 is 16.3 Å². The Balaban J connectivity index is 1.94. The van der Waals surface area contributed by atoms with Gasteiger partial charge in [-0.1, -0.05) is 35.8 Å². The van der Waals surface area contributed by atoms with Gasteiger partial charge in [0, 0.05) is 33.4 Å². The third-order valence-electron chi connectivity index (χ3n) is 3.14. The van der Waals surface area contributed by atoms with Gasteiger partial charge in [0.25, 0.3) is 0 Å². The Bertz CT molecular complexity index is 640. The van der Waals surface area contributed by atoms with Crippen molar-refractivity contribution in [3.63, 3.8) is 0 Å². The van der Waals surface area contributed by atoms with E-state index in [1.54, 1.807) is 12.1 Å². The topological polar surface area (TPSA) is 70.6 Å². The number of hydrogen-bond acceptors (Lipinski definition) is 4. The van der Waals surface area contributed by atoms with E-state index < -0.39 is 0 Å². The normalized spacial score (nSPS) is 11.8. The molecule has 0 aliphatic heterocycles. The second kappa shape index (κ2) is 7.45. The molecule has 0 amide bonds. The van der Waals surface area contributed by atoms with Crippen molar-refractivity contribution in [3.05, 3.63) is 56.2 Å². The highest BCUT2D eigenvalue weighted by Crippen LogP contribution is 2.19. The van der Waals surface area contributed by atoms with Gasteiger partial charge >= 0.3 is 0 Å². The molecule has 0 atom stereocenters. The lowest BCUT2D eigenvalue weighted by Gasteiger charge is -2.07. The largest absolute Gasteiger partial charge is 0.409 e. The van der Waals surface area contributed by atoms with E-state index in [0.29, 0.717) is 17.1 Å². The Labute approximate surface area is 133 Å². The Morgan fingerprint density at radius 3 is 2.67 bits per heavy atom. The van der Waals surface area contributed by atoms with Crippen LogP contribution >= 0.6 is 22.9 Å². The molecule has 0 saturated heterocycles. The molecule has 1 aromatic carbocycles. The summed E-state index contributed by atoms with van der Waals surface area (Å²) in [5, 5.41) is 15.6. The zero-order valence-corrected chi connectivity index (χ0v) is 13.3. The zero-order valence-electron chi connectivity index (χ0n) is 11.8. The van der Waals surface area contributed by atoms with E-state index in [0.717, 1.165) is 18.5 Å². The van der Waals surface area contributed by atoms with Crippen molar-refractivity contribution in [1.29, 1.82) is 0 Å². The molecular formula is C15H18ClN3OS. The predicted octanol–water partition coefficient (Wildman–Crippen LogP) is 3.35. The van der Waals surface area contributed by atoms with Crippen LogP contribution in [-0.4, -0.2) is 11.0 Å².